The summed E-state index contributed by atoms with van der Waals surface area (Å²) in [7, 11) is 0. The molecule has 2 aromatic rings. The third-order valence-electron chi connectivity index (χ3n) is 4.01. The summed E-state index contributed by atoms with van der Waals surface area (Å²) in [5.74, 6) is 0.312. The Morgan fingerprint density at radius 1 is 1.35 bits per heavy atom. The molecule has 0 aromatic heterocycles. The highest BCUT2D eigenvalue weighted by molar-refractivity contribution is 8.13. The normalized spacial score (nSPS) is 13.6. The molecule has 1 aliphatic heterocycles. The third-order valence-corrected chi connectivity index (χ3v) is 5.45. The minimum atomic E-state index is -0.475. The number of amides is 1. The Morgan fingerprint density at radius 2 is 2.12 bits per heavy atom. The Hall–Kier alpha value is -2.38. The van der Waals surface area contributed by atoms with Crippen LogP contribution in [0.25, 0.3) is 0 Å². The monoisotopic (exact) mass is 389 g/mol. The second kappa shape index (κ2) is 7.88. The highest BCUT2D eigenvalue weighted by Gasteiger charge is 2.26. The zero-order valence-corrected chi connectivity index (χ0v) is 15.6. The number of carbonyl (C=O) groups is 1. The molecule has 0 N–H and O–H groups in total. The maximum atomic E-state index is 12.8. The predicted molar refractivity (Wildman–Crippen MR) is 104 cm³/mol. The van der Waals surface area contributed by atoms with Gasteiger partial charge in [-0.25, -0.2) is 0 Å². The standard InChI is InChI=1S/C18H16ClN3O3S/c1-12-6-7-13(10-16(12)22(24)25)17(23)21-9-8-20-18(21)26-11-14-4-2-3-5-15(14)19/h2-7,10H,8-9,11H2,1H3. The molecule has 0 saturated heterocycles. The molecule has 0 saturated carbocycles. The van der Waals surface area contributed by atoms with Crippen molar-refractivity contribution in [2.75, 3.05) is 13.1 Å². The summed E-state index contributed by atoms with van der Waals surface area (Å²) in [4.78, 5) is 29.4. The summed E-state index contributed by atoms with van der Waals surface area (Å²) in [5.41, 5.74) is 1.72. The van der Waals surface area contributed by atoms with Crippen molar-refractivity contribution in [2.24, 2.45) is 4.99 Å². The molecule has 0 aliphatic carbocycles. The Bertz CT molecular complexity index is 901. The van der Waals surface area contributed by atoms with Gasteiger partial charge in [0.25, 0.3) is 11.6 Å². The lowest BCUT2D eigenvalue weighted by atomic mass is 10.1. The summed E-state index contributed by atoms with van der Waals surface area (Å²) >= 11 is 7.60. The molecule has 8 heteroatoms. The van der Waals surface area contributed by atoms with E-state index in [-0.39, 0.29) is 17.2 Å². The summed E-state index contributed by atoms with van der Waals surface area (Å²) in [5, 5.41) is 12.4. The number of carbonyl (C=O) groups excluding carboxylic acids is 1. The molecule has 1 heterocycles. The first-order valence-corrected chi connectivity index (χ1v) is 9.31. The van der Waals surface area contributed by atoms with Crippen LogP contribution in [-0.2, 0) is 5.75 Å². The molecule has 0 unspecified atom stereocenters. The van der Waals surface area contributed by atoms with Crippen molar-refractivity contribution < 1.29 is 9.72 Å². The van der Waals surface area contributed by atoms with E-state index in [0.717, 1.165) is 5.56 Å². The molecule has 0 fully saturated rings. The molecule has 0 spiro atoms. The van der Waals surface area contributed by atoms with Crippen LogP contribution in [0.1, 0.15) is 21.5 Å². The van der Waals surface area contributed by atoms with Gasteiger partial charge in [0, 0.05) is 34.5 Å². The number of benzene rings is 2. The lowest BCUT2D eigenvalue weighted by Gasteiger charge is -2.18. The largest absolute Gasteiger partial charge is 0.286 e. The zero-order valence-electron chi connectivity index (χ0n) is 14.0. The first kappa shape index (κ1) is 18.4. The lowest BCUT2D eigenvalue weighted by molar-refractivity contribution is -0.385. The van der Waals surface area contributed by atoms with E-state index >= 15 is 0 Å². The van der Waals surface area contributed by atoms with Gasteiger partial charge < -0.3 is 0 Å². The number of aryl methyl sites for hydroxylation is 1. The molecule has 6 nitrogen and oxygen atoms in total. The Kier molecular flexibility index (Phi) is 5.58. The van der Waals surface area contributed by atoms with E-state index in [9.17, 15) is 14.9 Å². The SMILES string of the molecule is Cc1ccc(C(=O)N2CCN=C2SCc2ccccc2Cl)cc1[N+](=O)[O-]. The smallest absolute Gasteiger partial charge is 0.273 e. The minimum absolute atomic E-state index is 0.0581. The van der Waals surface area contributed by atoms with Crippen molar-refractivity contribution in [1.29, 1.82) is 0 Å². The van der Waals surface area contributed by atoms with Crippen LogP contribution in [0.3, 0.4) is 0 Å². The average molecular weight is 390 g/mol. The average Bonchev–Trinajstić information content (AvgIpc) is 3.09. The molecule has 1 amide bonds. The van der Waals surface area contributed by atoms with Crippen molar-refractivity contribution in [1.82, 2.24) is 4.90 Å². The molecule has 26 heavy (non-hydrogen) atoms. The van der Waals surface area contributed by atoms with E-state index in [1.165, 1.54) is 17.8 Å². The lowest BCUT2D eigenvalue weighted by Crippen LogP contribution is -2.32. The van der Waals surface area contributed by atoms with Crippen molar-refractivity contribution in [3.05, 3.63) is 74.3 Å². The van der Waals surface area contributed by atoms with Crippen LogP contribution in [0.2, 0.25) is 5.02 Å². The summed E-state index contributed by atoms with van der Waals surface area (Å²) in [6.07, 6.45) is 0. The number of nitrogens with zero attached hydrogens (tertiary/aromatic N) is 3. The Labute approximate surface area is 160 Å². The molecule has 0 bridgehead atoms. The number of aliphatic imine (C=N–C) groups is 1. The van der Waals surface area contributed by atoms with Gasteiger partial charge in [0.15, 0.2) is 5.17 Å². The number of halogens is 1. The van der Waals surface area contributed by atoms with Gasteiger partial charge in [-0.2, -0.15) is 0 Å². The molecule has 134 valence electrons. The van der Waals surface area contributed by atoms with Crippen LogP contribution < -0.4 is 0 Å². The third kappa shape index (κ3) is 3.89. The highest BCUT2D eigenvalue weighted by Crippen LogP contribution is 2.26. The predicted octanol–water partition coefficient (Wildman–Crippen LogP) is 4.30. The van der Waals surface area contributed by atoms with E-state index in [4.69, 9.17) is 11.6 Å². The molecule has 3 rings (SSSR count). The second-order valence-corrected chi connectivity index (χ2v) is 7.11. The first-order valence-electron chi connectivity index (χ1n) is 7.95. The Morgan fingerprint density at radius 3 is 2.85 bits per heavy atom. The van der Waals surface area contributed by atoms with E-state index in [1.807, 2.05) is 24.3 Å². The van der Waals surface area contributed by atoms with Gasteiger partial charge in [-0.3, -0.25) is 24.8 Å². The molecule has 0 atom stereocenters. The summed E-state index contributed by atoms with van der Waals surface area (Å²) < 4.78 is 0. The van der Waals surface area contributed by atoms with Crippen molar-refractivity contribution >= 4 is 40.1 Å². The fourth-order valence-electron chi connectivity index (χ4n) is 2.59. The minimum Gasteiger partial charge on any atom is -0.286 e. The topological polar surface area (TPSA) is 75.8 Å². The van der Waals surface area contributed by atoms with Crippen LogP contribution in [0.15, 0.2) is 47.5 Å². The van der Waals surface area contributed by atoms with Crippen molar-refractivity contribution in [3.8, 4) is 0 Å². The maximum absolute atomic E-state index is 12.8. The highest BCUT2D eigenvalue weighted by atomic mass is 35.5. The molecule has 1 aliphatic rings. The summed E-state index contributed by atoms with van der Waals surface area (Å²) in [6.45, 7) is 2.63. The number of hydrogen-bond acceptors (Lipinski definition) is 5. The van der Waals surface area contributed by atoms with E-state index in [2.05, 4.69) is 4.99 Å². The van der Waals surface area contributed by atoms with Gasteiger partial charge in [0.1, 0.15) is 0 Å². The zero-order chi connectivity index (χ0) is 18.7. The van der Waals surface area contributed by atoms with Gasteiger partial charge >= 0.3 is 0 Å². The summed E-state index contributed by atoms with van der Waals surface area (Å²) in [6, 6.07) is 12.1. The first-order chi connectivity index (χ1) is 12.5. The molecular formula is C18H16ClN3O3S. The van der Waals surface area contributed by atoms with E-state index in [0.29, 0.717) is 34.6 Å². The number of amidine groups is 1. The number of rotatable bonds is 4. The van der Waals surface area contributed by atoms with Crippen LogP contribution in [0, 0.1) is 17.0 Å². The number of hydrogen-bond donors (Lipinski definition) is 0. The van der Waals surface area contributed by atoms with Crippen molar-refractivity contribution in [3.63, 3.8) is 0 Å². The van der Waals surface area contributed by atoms with Crippen LogP contribution in [0.4, 0.5) is 5.69 Å². The van der Waals surface area contributed by atoms with E-state index in [1.54, 1.807) is 24.0 Å². The second-order valence-electron chi connectivity index (χ2n) is 5.76. The van der Waals surface area contributed by atoms with Crippen molar-refractivity contribution in [2.45, 2.75) is 12.7 Å². The molecular weight excluding hydrogens is 374 g/mol. The van der Waals surface area contributed by atoms with Gasteiger partial charge in [0.2, 0.25) is 0 Å². The van der Waals surface area contributed by atoms with Crippen LogP contribution >= 0.6 is 23.4 Å². The number of thioether (sulfide) groups is 1. The Balaban J connectivity index is 1.75. The molecule has 0 radical (unpaired) electrons. The number of nitro groups is 1. The van der Waals surface area contributed by atoms with Gasteiger partial charge in [-0.15, -0.1) is 0 Å². The quantitative estimate of drug-likeness (QED) is 0.577. The van der Waals surface area contributed by atoms with Gasteiger partial charge in [-0.05, 0) is 24.6 Å². The van der Waals surface area contributed by atoms with Crippen LogP contribution in [0.5, 0.6) is 0 Å². The van der Waals surface area contributed by atoms with E-state index < -0.39 is 4.92 Å². The fraction of sp³-hybridized carbons (Fsp3) is 0.222. The maximum Gasteiger partial charge on any atom is 0.273 e. The van der Waals surface area contributed by atoms with Gasteiger partial charge in [-0.1, -0.05) is 47.6 Å². The van der Waals surface area contributed by atoms with Crippen LogP contribution in [-0.4, -0.2) is 34.0 Å². The number of nitro benzene ring substituents is 1. The molecule has 2 aromatic carbocycles. The van der Waals surface area contributed by atoms with Gasteiger partial charge in [0.05, 0.1) is 11.5 Å². The fourth-order valence-corrected chi connectivity index (χ4v) is 3.92.